The number of hydrogen-bond donors (Lipinski definition) is 1. The van der Waals surface area contributed by atoms with Gasteiger partial charge >= 0.3 is 0 Å². The Balaban J connectivity index is 1.61. The Bertz CT molecular complexity index is 1300. The van der Waals surface area contributed by atoms with Crippen LogP contribution in [0.25, 0.3) is 22.0 Å². The van der Waals surface area contributed by atoms with E-state index in [9.17, 15) is 9.59 Å². The van der Waals surface area contributed by atoms with E-state index in [2.05, 4.69) is 10.4 Å². The highest BCUT2D eigenvalue weighted by Gasteiger charge is 2.10. The maximum atomic E-state index is 12.4. The molecule has 0 saturated carbocycles. The van der Waals surface area contributed by atoms with Crippen LogP contribution in [0.2, 0.25) is 0 Å². The topological polar surface area (TPSA) is 87.8 Å². The van der Waals surface area contributed by atoms with Crippen LogP contribution in [0.1, 0.15) is 5.56 Å². The lowest BCUT2D eigenvalue weighted by Gasteiger charge is -2.10. The lowest BCUT2D eigenvalue weighted by atomic mass is 10.0. The number of nitrogens with one attached hydrogen (secondary N) is 1. The molecule has 0 fully saturated rings. The Morgan fingerprint density at radius 3 is 2.52 bits per heavy atom. The van der Waals surface area contributed by atoms with Crippen molar-refractivity contribution in [2.75, 3.05) is 5.32 Å². The van der Waals surface area contributed by atoms with Crippen molar-refractivity contribution in [2.24, 2.45) is 0 Å². The summed E-state index contributed by atoms with van der Waals surface area (Å²) in [5.41, 5.74) is 2.21. The molecule has 0 bridgehead atoms. The lowest BCUT2D eigenvalue weighted by molar-refractivity contribution is -0.117. The van der Waals surface area contributed by atoms with Crippen molar-refractivity contribution in [3.8, 4) is 17.3 Å². The van der Waals surface area contributed by atoms with E-state index in [0.717, 1.165) is 21.0 Å². The van der Waals surface area contributed by atoms with Crippen LogP contribution in [-0.4, -0.2) is 15.7 Å². The molecule has 1 amide bonds. The molecule has 0 aliphatic rings. The van der Waals surface area contributed by atoms with E-state index in [1.807, 2.05) is 48.5 Å². The van der Waals surface area contributed by atoms with Gasteiger partial charge in [-0.3, -0.25) is 9.59 Å². The number of nitrogens with zero attached hydrogens (tertiary/aromatic N) is 3. The van der Waals surface area contributed by atoms with E-state index in [-0.39, 0.29) is 18.0 Å². The second-order valence-corrected chi connectivity index (χ2v) is 6.48. The standard InChI is InChI=1S/C23H16N4O2/c24-14-16-8-10-18(11-9-16)25-22(28)15-27-23(29)13-12-21(26-27)20-7-3-5-17-4-1-2-6-19(17)20/h1-13H,15H2,(H,25,28). The zero-order chi connectivity index (χ0) is 20.2. The Morgan fingerprint density at radius 1 is 0.966 bits per heavy atom. The number of carbonyl (C=O) groups is 1. The number of carbonyl (C=O) groups excluding carboxylic acids is 1. The summed E-state index contributed by atoms with van der Waals surface area (Å²) in [4.78, 5) is 24.6. The van der Waals surface area contributed by atoms with Crippen molar-refractivity contribution in [3.05, 3.63) is 94.8 Å². The van der Waals surface area contributed by atoms with E-state index in [0.29, 0.717) is 16.9 Å². The second kappa shape index (κ2) is 7.79. The number of rotatable bonds is 4. The van der Waals surface area contributed by atoms with Gasteiger partial charge in [-0.05, 0) is 41.1 Å². The molecule has 1 heterocycles. The van der Waals surface area contributed by atoms with Crippen molar-refractivity contribution < 1.29 is 4.79 Å². The fraction of sp³-hybridized carbons (Fsp3) is 0.0435. The molecule has 6 nitrogen and oxygen atoms in total. The summed E-state index contributed by atoms with van der Waals surface area (Å²) in [5.74, 6) is -0.376. The highest BCUT2D eigenvalue weighted by Crippen LogP contribution is 2.26. The van der Waals surface area contributed by atoms with Gasteiger partial charge in [-0.25, -0.2) is 4.68 Å². The van der Waals surface area contributed by atoms with Crippen LogP contribution < -0.4 is 10.9 Å². The minimum absolute atomic E-state index is 0.211. The first-order valence-corrected chi connectivity index (χ1v) is 9.00. The molecule has 4 rings (SSSR count). The van der Waals surface area contributed by atoms with Crippen molar-refractivity contribution in [2.45, 2.75) is 6.54 Å². The normalized spacial score (nSPS) is 10.4. The summed E-state index contributed by atoms with van der Waals surface area (Å²) in [5, 5.41) is 18.0. The van der Waals surface area contributed by atoms with Crippen LogP contribution in [0.3, 0.4) is 0 Å². The Labute approximate surface area is 166 Å². The monoisotopic (exact) mass is 380 g/mol. The number of aromatic nitrogens is 2. The predicted molar refractivity (Wildman–Crippen MR) is 111 cm³/mol. The molecule has 0 spiro atoms. The number of hydrogen-bond acceptors (Lipinski definition) is 4. The van der Waals surface area contributed by atoms with Crippen molar-refractivity contribution >= 4 is 22.4 Å². The molecule has 0 atom stereocenters. The van der Waals surface area contributed by atoms with E-state index in [1.54, 1.807) is 30.3 Å². The summed E-state index contributed by atoms with van der Waals surface area (Å²) in [7, 11) is 0. The maximum absolute atomic E-state index is 12.4. The predicted octanol–water partition coefficient (Wildman–Crippen LogP) is 3.57. The molecule has 0 saturated heterocycles. The van der Waals surface area contributed by atoms with Gasteiger partial charge in [0.05, 0.1) is 17.3 Å². The largest absolute Gasteiger partial charge is 0.324 e. The first-order valence-electron chi connectivity index (χ1n) is 9.00. The van der Waals surface area contributed by atoms with E-state index in [4.69, 9.17) is 5.26 Å². The summed E-state index contributed by atoms with van der Waals surface area (Å²) < 4.78 is 1.15. The third-order valence-electron chi connectivity index (χ3n) is 4.52. The first-order chi connectivity index (χ1) is 14.1. The molecule has 1 aromatic heterocycles. The molecular formula is C23H16N4O2. The second-order valence-electron chi connectivity index (χ2n) is 6.48. The molecule has 0 unspecified atom stereocenters. The van der Waals surface area contributed by atoms with Crippen LogP contribution in [0.5, 0.6) is 0 Å². The van der Waals surface area contributed by atoms with E-state index in [1.165, 1.54) is 6.07 Å². The number of fused-ring (bicyclic) bond motifs is 1. The number of anilines is 1. The Hall–Kier alpha value is -4.24. The van der Waals surface area contributed by atoms with Crippen LogP contribution >= 0.6 is 0 Å². The van der Waals surface area contributed by atoms with Gasteiger partial charge < -0.3 is 5.32 Å². The van der Waals surface area contributed by atoms with Gasteiger partial charge in [0.25, 0.3) is 5.56 Å². The quantitative estimate of drug-likeness (QED) is 0.586. The zero-order valence-electron chi connectivity index (χ0n) is 15.4. The Kier molecular flexibility index (Phi) is 4.87. The molecule has 3 aromatic carbocycles. The van der Waals surface area contributed by atoms with Gasteiger partial charge in [0.2, 0.25) is 5.91 Å². The molecule has 0 radical (unpaired) electrons. The molecule has 0 aliphatic carbocycles. The highest BCUT2D eigenvalue weighted by molar-refractivity contribution is 5.95. The fourth-order valence-corrected chi connectivity index (χ4v) is 3.12. The maximum Gasteiger partial charge on any atom is 0.267 e. The van der Waals surface area contributed by atoms with Gasteiger partial charge in [-0.2, -0.15) is 10.4 Å². The molecule has 4 aromatic rings. The molecule has 29 heavy (non-hydrogen) atoms. The average Bonchev–Trinajstić information content (AvgIpc) is 2.75. The van der Waals surface area contributed by atoms with Gasteiger partial charge in [-0.15, -0.1) is 0 Å². The van der Waals surface area contributed by atoms with Crippen molar-refractivity contribution in [1.82, 2.24) is 9.78 Å². The minimum Gasteiger partial charge on any atom is -0.324 e. The SMILES string of the molecule is N#Cc1ccc(NC(=O)Cn2nc(-c3cccc4ccccc34)ccc2=O)cc1. The number of amides is 1. The third-order valence-corrected chi connectivity index (χ3v) is 4.52. The molecule has 140 valence electrons. The lowest BCUT2D eigenvalue weighted by Crippen LogP contribution is -2.29. The first kappa shape index (κ1) is 18.1. The number of nitriles is 1. The van der Waals surface area contributed by atoms with E-state index < -0.39 is 0 Å². The summed E-state index contributed by atoms with van der Waals surface area (Å²) >= 11 is 0. The molecule has 6 heteroatoms. The van der Waals surface area contributed by atoms with Gasteiger partial charge in [0.15, 0.2) is 0 Å². The van der Waals surface area contributed by atoms with Gasteiger partial charge in [0.1, 0.15) is 6.54 Å². The number of benzene rings is 3. The van der Waals surface area contributed by atoms with Gasteiger partial charge in [0, 0.05) is 17.3 Å². The molecular weight excluding hydrogens is 364 g/mol. The smallest absolute Gasteiger partial charge is 0.267 e. The van der Waals surface area contributed by atoms with Crippen molar-refractivity contribution in [3.63, 3.8) is 0 Å². The minimum atomic E-state index is -0.376. The molecule has 1 N–H and O–H groups in total. The van der Waals surface area contributed by atoms with Crippen molar-refractivity contribution in [1.29, 1.82) is 5.26 Å². The highest BCUT2D eigenvalue weighted by atomic mass is 16.2. The Morgan fingerprint density at radius 2 is 1.72 bits per heavy atom. The summed E-state index contributed by atoms with van der Waals surface area (Å²) in [6.07, 6.45) is 0. The van der Waals surface area contributed by atoms with Crippen LogP contribution in [-0.2, 0) is 11.3 Å². The fourth-order valence-electron chi connectivity index (χ4n) is 3.12. The van der Waals surface area contributed by atoms with Crippen LogP contribution in [0.15, 0.2) is 83.7 Å². The van der Waals surface area contributed by atoms with Crippen LogP contribution in [0.4, 0.5) is 5.69 Å². The van der Waals surface area contributed by atoms with E-state index >= 15 is 0 Å². The summed E-state index contributed by atoms with van der Waals surface area (Å²) in [6.45, 7) is -0.211. The van der Waals surface area contributed by atoms with Gasteiger partial charge in [-0.1, -0.05) is 42.5 Å². The summed E-state index contributed by atoms with van der Waals surface area (Å²) in [6, 6.07) is 25.4. The third kappa shape index (κ3) is 3.89. The zero-order valence-corrected chi connectivity index (χ0v) is 15.4. The van der Waals surface area contributed by atoms with Crippen LogP contribution in [0, 0.1) is 11.3 Å². The molecule has 0 aliphatic heterocycles. The average molecular weight is 380 g/mol.